The van der Waals surface area contributed by atoms with Crippen LogP contribution in [0.25, 0.3) is 0 Å². The van der Waals surface area contributed by atoms with Crippen LogP contribution in [0, 0.1) is 0 Å². The Bertz CT molecular complexity index is 763. The molecular weight excluding hydrogens is 348 g/mol. The molecule has 2 aromatic carbocycles. The standard InChI is InChI=1S/C21H26N2O2.ClH/c1-14(24)23-9-8-17-11-18(15-4-3-5-19(22)12-15)10-16-6-7-20(25-2)13-21(16)17;/h3-7,12-13,17-18H,8-11,22H2,1-2H3,(H,23,24);1H. The summed E-state index contributed by atoms with van der Waals surface area (Å²) in [5.74, 6) is 1.77. The molecule has 0 aliphatic heterocycles. The first kappa shape index (κ1) is 20.1. The summed E-state index contributed by atoms with van der Waals surface area (Å²) in [4.78, 5) is 11.2. The molecule has 0 spiro atoms. The highest BCUT2D eigenvalue weighted by molar-refractivity contribution is 5.85. The summed E-state index contributed by atoms with van der Waals surface area (Å²) in [5, 5.41) is 2.93. The molecule has 3 N–H and O–H groups in total. The minimum atomic E-state index is 0. The van der Waals surface area contributed by atoms with Crippen molar-refractivity contribution in [2.75, 3.05) is 19.4 Å². The van der Waals surface area contributed by atoms with Crippen molar-refractivity contribution in [3.63, 3.8) is 0 Å². The van der Waals surface area contributed by atoms with E-state index < -0.39 is 0 Å². The van der Waals surface area contributed by atoms with Gasteiger partial charge in [-0.15, -0.1) is 12.4 Å². The fourth-order valence-electron chi connectivity index (χ4n) is 3.85. The maximum Gasteiger partial charge on any atom is 0.216 e. The fourth-order valence-corrected chi connectivity index (χ4v) is 3.85. The number of amides is 1. The highest BCUT2D eigenvalue weighted by Gasteiger charge is 2.28. The van der Waals surface area contributed by atoms with Gasteiger partial charge in [-0.3, -0.25) is 4.79 Å². The van der Waals surface area contributed by atoms with Crippen molar-refractivity contribution in [1.29, 1.82) is 0 Å². The number of carbonyl (C=O) groups is 1. The Morgan fingerprint density at radius 1 is 1.27 bits per heavy atom. The number of halogens is 1. The summed E-state index contributed by atoms with van der Waals surface area (Å²) >= 11 is 0. The molecule has 2 aromatic rings. The number of ether oxygens (including phenoxy) is 1. The SMILES string of the molecule is COc1ccc2c(c1)C(CCNC(C)=O)CC(c1cccc(N)c1)C2.Cl. The molecule has 0 bridgehead atoms. The van der Waals surface area contributed by atoms with Crippen molar-refractivity contribution in [2.45, 2.75) is 38.0 Å². The number of benzene rings is 2. The van der Waals surface area contributed by atoms with E-state index in [0.717, 1.165) is 30.7 Å². The van der Waals surface area contributed by atoms with E-state index in [0.29, 0.717) is 18.4 Å². The molecule has 0 saturated carbocycles. The minimum absolute atomic E-state index is 0. The third kappa shape index (κ3) is 4.70. The summed E-state index contributed by atoms with van der Waals surface area (Å²) in [6.07, 6.45) is 3.00. The van der Waals surface area contributed by atoms with E-state index in [1.54, 1.807) is 14.0 Å². The molecule has 1 aliphatic carbocycles. The van der Waals surface area contributed by atoms with Crippen molar-refractivity contribution in [2.24, 2.45) is 0 Å². The molecule has 1 aliphatic rings. The monoisotopic (exact) mass is 374 g/mol. The van der Waals surface area contributed by atoms with Gasteiger partial charge in [0.1, 0.15) is 5.75 Å². The summed E-state index contributed by atoms with van der Waals surface area (Å²) in [6.45, 7) is 2.26. The molecule has 0 aromatic heterocycles. The number of nitrogens with one attached hydrogen (secondary N) is 1. The van der Waals surface area contributed by atoms with Crippen molar-refractivity contribution < 1.29 is 9.53 Å². The number of nitrogens with two attached hydrogens (primary N) is 1. The average molecular weight is 375 g/mol. The van der Waals surface area contributed by atoms with E-state index in [1.807, 2.05) is 18.2 Å². The topological polar surface area (TPSA) is 64.3 Å². The first-order valence-corrected chi connectivity index (χ1v) is 8.83. The Hall–Kier alpha value is -2.20. The van der Waals surface area contributed by atoms with Crippen LogP contribution >= 0.6 is 12.4 Å². The second kappa shape index (κ2) is 8.95. The van der Waals surface area contributed by atoms with Crippen LogP contribution in [0.1, 0.15) is 48.3 Å². The lowest BCUT2D eigenvalue weighted by Crippen LogP contribution is -2.25. The summed E-state index contributed by atoms with van der Waals surface area (Å²) in [6, 6.07) is 14.6. The molecular formula is C21H27ClN2O2. The van der Waals surface area contributed by atoms with Gasteiger partial charge in [0.2, 0.25) is 5.91 Å². The molecule has 0 heterocycles. The first-order chi connectivity index (χ1) is 12.1. The van der Waals surface area contributed by atoms with Crippen molar-refractivity contribution >= 4 is 24.0 Å². The third-order valence-corrected chi connectivity index (χ3v) is 5.08. The number of methoxy groups -OCH3 is 1. The summed E-state index contributed by atoms with van der Waals surface area (Å²) in [7, 11) is 1.70. The van der Waals surface area contributed by atoms with Crippen molar-refractivity contribution in [3.8, 4) is 5.75 Å². The Kier molecular flexibility index (Phi) is 6.92. The van der Waals surface area contributed by atoms with Crippen molar-refractivity contribution in [1.82, 2.24) is 5.32 Å². The zero-order valence-corrected chi connectivity index (χ0v) is 16.1. The van der Waals surface area contributed by atoms with E-state index in [2.05, 4.69) is 29.6 Å². The molecule has 0 saturated heterocycles. The van der Waals surface area contributed by atoms with Crippen LogP contribution in [0.3, 0.4) is 0 Å². The van der Waals surface area contributed by atoms with E-state index in [-0.39, 0.29) is 18.3 Å². The van der Waals surface area contributed by atoms with Gasteiger partial charge in [-0.2, -0.15) is 0 Å². The van der Waals surface area contributed by atoms with Gasteiger partial charge >= 0.3 is 0 Å². The molecule has 0 radical (unpaired) electrons. The molecule has 26 heavy (non-hydrogen) atoms. The van der Waals surface area contributed by atoms with Crippen LogP contribution < -0.4 is 15.8 Å². The maximum absolute atomic E-state index is 11.2. The number of hydrogen-bond donors (Lipinski definition) is 2. The van der Waals surface area contributed by atoms with E-state index in [9.17, 15) is 4.79 Å². The maximum atomic E-state index is 11.2. The van der Waals surface area contributed by atoms with Crippen LogP contribution in [0.2, 0.25) is 0 Å². The largest absolute Gasteiger partial charge is 0.497 e. The van der Waals surface area contributed by atoms with Gasteiger partial charge in [-0.05, 0) is 72.1 Å². The van der Waals surface area contributed by atoms with Crippen LogP contribution in [-0.4, -0.2) is 19.6 Å². The second-order valence-corrected chi connectivity index (χ2v) is 6.84. The quantitative estimate of drug-likeness (QED) is 0.776. The van der Waals surface area contributed by atoms with Crippen LogP contribution in [0.4, 0.5) is 5.69 Å². The van der Waals surface area contributed by atoms with E-state index in [1.165, 1.54) is 16.7 Å². The lowest BCUT2D eigenvalue weighted by atomic mass is 9.73. The lowest BCUT2D eigenvalue weighted by molar-refractivity contribution is -0.118. The average Bonchev–Trinajstić information content (AvgIpc) is 2.60. The highest BCUT2D eigenvalue weighted by Crippen LogP contribution is 2.42. The molecule has 140 valence electrons. The Labute approximate surface area is 161 Å². The molecule has 4 nitrogen and oxygen atoms in total. The smallest absolute Gasteiger partial charge is 0.216 e. The molecule has 0 fully saturated rings. The Balaban J connectivity index is 0.00000243. The van der Waals surface area contributed by atoms with Crippen LogP contribution in [-0.2, 0) is 11.2 Å². The summed E-state index contributed by atoms with van der Waals surface area (Å²) in [5.41, 5.74) is 10.8. The van der Waals surface area contributed by atoms with Crippen molar-refractivity contribution in [3.05, 3.63) is 59.2 Å². The second-order valence-electron chi connectivity index (χ2n) is 6.84. The third-order valence-electron chi connectivity index (χ3n) is 5.08. The molecule has 2 atom stereocenters. The normalized spacial score (nSPS) is 18.4. The lowest BCUT2D eigenvalue weighted by Gasteiger charge is -2.32. The van der Waals surface area contributed by atoms with Gasteiger partial charge in [-0.1, -0.05) is 18.2 Å². The van der Waals surface area contributed by atoms with Gasteiger partial charge in [0.25, 0.3) is 0 Å². The van der Waals surface area contributed by atoms with Gasteiger partial charge in [0.05, 0.1) is 7.11 Å². The molecule has 5 heteroatoms. The summed E-state index contributed by atoms with van der Waals surface area (Å²) < 4.78 is 5.41. The number of nitrogen functional groups attached to an aromatic ring is 1. The predicted molar refractivity (Wildman–Crippen MR) is 108 cm³/mol. The number of carbonyl (C=O) groups excluding carboxylic acids is 1. The van der Waals surface area contributed by atoms with Crippen LogP contribution in [0.15, 0.2) is 42.5 Å². The minimum Gasteiger partial charge on any atom is -0.497 e. The molecule has 1 amide bonds. The predicted octanol–water partition coefficient (Wildman–Crippen LogP) is 4.04. The first-order valence-electron chi connectivity index (χ1n) is 8.83. The Morgan fingerprint density at radius 3 is 2.77 bits per heavy atom. The van der Waals surface area contributed by atoms with Gasteiger partial charge in [0, 0.05) is 19.2 Å². The van der Waals surface area contributed by atoms with E-state index in [4.69, 9.17) is 10.5 Å². The van der Waals surface area contributed by atoms with Gasteiger partial charge in [-0.25, -0.2) is 0 Å². The number of fused-ring (bicyclic) bond motifs is 1. The fraction of sp³-hybridized carbons (Fsp3) is 0.381. The zero-order chi connectivity index (χ0) is 17.8. The zero-order valence-electron chi connectivity index (χ0n) is 15.3. The van der Waals surface area contributed by atoms with Gasteiger partial charge < -0.3 is 15.8 Å². The Morgan fingerprint density at radius 2 is 2.08 bits per heavy atom. The number of hydrogen-bond acceptors (Lipinski definition) is 3. The molecule has 3 rings (SSSR count). The van der Waals surface area contributed by atoms with Crippen LogP contribution in [0.5, 0.6) is 5.75 Å². The molecule has 2 unspecified atom stereocenters. The highest BCUT2D eigenvalue weighted by atomic mass is 35.5. The number of anilines is 1. The van der Waals surface area contributed by atoms with Gasteiger partial charge in [0.15, 0.2) is 0 Å². The number of rotatable bonds is 5. The van der Waals surface area contributed by atoms with E-state index >= 15 is 0 Å².